The lowest BCUT2D eigenvalue weighted by Gasteiger charge is -2.29. The van der Waals surface area contributed by atoms with Gasteiger partial charge in [0.1, 0.15) is 6.04 Å². The predicted octanol–water partition coefficient (Wildman–Crippen LogP) is 2.22. The first-order valence-electron chi connectivity index (χ1n) is 7.76. The lowest BCUT2D eigenvalue weighted by Crippen LogP contribution is -2.35. The molecule has 1 N–H and O–H groups in total. The summed E-state index contributed by atoms with van der Waals surface area (Å²) in [5, 5.41) is 10.4. The number of amides is 1. The number of ether oxygens (including phenoxy) is 2. The van der Waals surface area contributed by atoms with E-state index in [2.05, 4.69) is 4.99 Å². The number of allylic oxidation sites excluding steroid dienone is 1. The van der Waals surface area contributed by atoms with Crippen molar-refractivity contribution in [2.75, 3.05) is 19.5 Å². The molecule has 0 unspecified atom stereocenters. The summed E-state index contributed by atoms with van der Waals surface area (Å²) in [5.74, 6) is -0.0386. The third kappa shape index (κ3) is 2.97. The van der Waals surface area contributed by atoms with Crippen molar-refractivity contribution >= 4 is 28.8 Å². The fourth-order valence-electron chi connectivity index (χ4n) is 2.85. The number of benzene rings is 1. The minimum atomic E-state index is -0.627. The molecule has 1 saturated heterocycles. The van der Waals surface area contributed by atoms with E-state index in [1.165, 1.54) is 29.8 Å². The molecule has 2 aliphatic rings. The third-order valence-corrected chi connectivity index (χ3v) is 4.96. The first kappa shape index (κ1) is 17.3. The summed E-state index contributed by atoms with van der Waals surface area (Å²) >= 11 is 1.34. The number of nitrogens with zero attached hydrogens (tertiary/aromatic N) is 2. The molecule has 7 nitrogen and oxygen atoms in total. The summed E-state index contributed by atoms with van der Waals surface area (Å²) < 4.78 is 10.3. The highest BCUT2D eigenvalue weighted by Gasteiger charge is 2.40. The van der Waals surface area contributed by atoms with Crippen molar-refractivity contribution in [2.45, 2.75) is 19.9 Å². The number of fused-ring (bicyclic) bond motifs is 1. The van der Waals surface area contributed by atoms with Gasteiger partial charge in [-0.25, -0.2) is 9.79 Å². The maximum absolute atomic E-state index is 12.5. The zero-order valence-corrected chi connectivity index (χ0v) is 14.9. The van der Waals surface area contributed by atoms with Crippen molar-refractivity contribution in [3.63, 3.8) is 0 Å². The van der Waals surface area contributed by atoms with Crippen LogP contribution in [0.5, 0.6) is 11.5 Å². The normalized spacial score (nSPS) is 19.6. The number of phenolic OH excluding ortho intramolecular Hbond substituents is 1. The van der Waals surface area contributed by atoms with Gasteiger partial charge < -0.3 is 14.6 Å². The maximum atomic E-state index is 12.5. The Morgan fingerprint density at radius 1 is 1.48 bits per heavy atom. The lowest BCUT2D eigenvalue weighted by molar-refractivity contribution is -0.139. The molecule has 3 rings (SSSR count). The summed E-state index contributed by atoms with van der Waals surface area (Å²) in [6, 6.07) is 4.17. The van der Waals surface area contributed by atoms with Gasteiger partial charge in [0, 0.05) is 5.70 Å². The summed E-state index contributed by atoms with van der Waals surface area (Å²) in [7, 11) is 1.45. The maximum Gasteiger partial charge on any atom is 0.338 e. The van der Waals surface area contributed by atoms with Gasteiger partial charge in [-0.2, -0.15) is 0 Å². The number of carbonyl (C=O) groups excluding carboxylic acids is 2. The second-order valence-corrected chi connectivity index (χ2v) is 6.43. The number of amidine groups is 1. The fourth-order valence-corrected chi connectivity index (χ4v) is 3.78. The van der Waals surface area contributed by atoms with Crippen molar-refractivity contribution in [3.05, 3.63) is 35.0 Å². The van der Waals surface area contributed by atoms with Gasteiger partial charge in [0.15, 0.2) is 16.7 Å². The number of carbonyl (C=O) groups is 2. The minimum Gasteiger partial charge on any atom is -0.504 e. The average molecular weight is 362 g/mol. The van der Waals surface area contributed by atoms with E-state index in [1.807, 2.05) is 0 Å². The van der Waals surface area contributed by atoms with Crippen LogP contribution in [0.1, 0.15) is 25.5 Å². The predicted molar refractivity (Wildman–Crippen MR) is 93.5 cm³/mol. The Labute approximate surface area is 149 Å². The molecule has 1 aromatic carbocycles. The van der Waals surface area contributed by atoms with E-state index in [4.69, 9.17) is 9.47 Å². The number of phenols is 1. The van der Waals surface area contributed by atoms with E-state index < -0.39 is 12.0 Å². The summed E-state index contributed by atoms with van der Waals surface area (Å²) in [6.45, 7) is 3.66. The SMILES string of the molecule is CCOC(=O)C1=C(C)N2C(=O)CSC2=N[C@@H]1c1ccc(O)c(OC)c1. The van der Waals surface area contributed by atoms with E-state index in [0.29, 0.717) is 22.0 Å². The molecule has 25 heavy (non-hydrogen) atoms. The van der Waals surface area contributed by atoms with Crippen molar-refractivity contribution in [1.82, 2.24) is 4.90 Å². The average Bonchev–Trinajstić information content (AvgIpc) is 2.96. The van der Waals surface area contributed by atoms with Gasteiger partial charge in [0.05, 0.1) is 25.0 Å². The number of hydrogen-bond acceptors (Lipinski definition) is 7. The van der Waals surface area contributed by atoms with Crippen LogP contribution in [0.15, 0.2) is 34.5 Å². The molecule has 2 heterocycles. The summed E-state index contributed by atoms with van der Waals surface area (Å²) in [5.41, 5.74) is 1.51. The zero-order valence-electron chi connectivity index (χ0n) is 14.1. The topological polar surface area (TPSA) is 88.4 Å². The first-order valence-corrected chi connectivity index (χ1v) is 8.74. The van der Waals surface area contributed by atoms with Crippen molar-refractivity contribution in [3.8, 4) is 11.5 Å². The molecule has 1 amide bonds. The molecule has 0 bridgehead atoms. The molecule has 0 spiro atoms. The van der Waals surface area contributed by atoms with Crippen LogP contribution in [0, 0.1) is 0 Å². The number of aliphatic imine (C=N–C) groups is 1. The van der Waals surface area contributed by atoms with E-state index in [9.17, 15) is 14.7 Å². The molecule has 132 valence electrons. The standard InChI is InChI=1S/C17H18N2O5S/c1-4-24-16(22)14-9(2)19-13(21)8-25-17(19)18-15(14)10-5-6-11(20)12(7-10)23-3/h5-7,15,20H,4,8H2,1-3H3/t15-/m1/s1. The molecule has 1 atom stereocenters. The molecule has 8 heteroatoms. The second kappa shape index (κ2) is 6.79. The Bertz CT molecular complexity index is 802. The van der Waals surface area contributed by atoms with Gasteiger partial charge in [0.25, 0.3) is 0 Å². The fraction of sp³-hybridized carbons (Fsp3) is 0.353. The summed E-state index contributed by atoms with van der Waals surface area (Å²) in [4.78, 5) is 30.7. The Hall–Kier alpha value is -2.48. The van der Waals surface area contributed by atoms with E-state index >= 15 is 0 Å². The van der Waals surface area contributed by atoms with Crippen LogP contribution < -0.4 is 4.74 Å². The van der Waals surface area contributed by atoms with Crippen LogP contribution in [-0.4, -0.2) is 46.5 Å². The van der Waals surface area contributed by atoms with E-state index in [-0.39, 0.29) is 29.8 Å². The first-order chi connectivity index (χ1) is 12.0. The number of hydrogen-bond donors (Lipinski definition) is 1. The Morgan fingerprint density at radius 3 is 2.92 bits per heavy atom. The van der Waals surface area contributed by atoms with Crippen molar-refractivity contribution < 1.29 is 24.2 Å². The minimum absolute atomic E-state index is 0.000134. The Morgan fingerprint density at radius 2 is 2.24 bits per heavy atom. The van der Waals surface area contributed by atoms with Crippen molar-refractivity contribution in [1.29, 1.82) is 0 Å². The molecule has 0 aromatic heterocycles. The van der Waals surface area contributed by atoms with E-state index in [1.54, 1.807) is 26.0 Å². The van der Waals surface area contributed by atoms with Crippen molar-refractivity contribution in [2.24, 2.45) is 4.99 Å². The highest BCUT2D eigenvalue weighted by atomic mass is 32.2. The molecule has 0 radical (unpaired) electrons. The number of aromatic hydroxyl groups is 1. The van der Waals surface area contributed by atoms with Gasteiger partial charge in [-0.3, -0.25) is 9.69 Å². The van der Waals surface area contributed by atoms with E-state index in [0.717, 1.165) is 0 Å². The summed E-state index contributed by atoms with van der Waals surface area (Å²) in [6.07, 6.45) is 0. The molecular formula is C17H18N2O5S. The lowest BCUT2D eigenvalue weighted by atomic mass is 9.95. The van der Waals surface area contributed by atoms with Gasteiger partial charge in [-0.15, -0.1) is 0 Å². The Kier molecular flexibility index (Phi) is 4.71. The molecule has 1 fully saturated rings. The number of rotatable bonds is 4. The van der Waals surface area contributed by atoms with Crippen LogP contribution in [0.4, 0.5) is 0 Å². The van der Waals surface area contributed by atoms with Crippen LogP contribution in [0.3, 0.4) is 0 Å². The largest absolute Gasteiger partial charge is 0.504 e. The quantitative estimate of drug-likeness (QED) is 0.827. The number of thioether (sulfide) groups is 1. The number of methoxy groups -OCH3 is 1. The zero-order chi connectivity index (χ0) is 18.1. The van der Waals surface area contributed by atoms with Gasteiger partial charge in [-0.1, -0.05) is 17.8 Å². The van der Waals surface area contributed by atoms with Gasteiger partial charge in [-0.05, 0) is 31.5 Å². The molecular weight excluding hydrogens is 344 g/mol. The molecule has 0 aliphatic carbocycles. The number of esters is 1. The van der Waals surface area contributed by atoms with Crippen LogP contribution >= 0.6 is 11.8 Å². The van der Waals surface area contributed by atoms with Gasteiger partial charge >= 0.3 is 5.97 Å². The van der Waals surface area contributed by atoms with Crippen LogP contribution in [0.2, 0.25) is 0 Å². The highest BCUT2D eigenvalue weighted by Crippen LogP contribution is 2.41. The van der Waals surface area contributed by atoms with Crippen LogP contribution in [-0.2, 0) is 14.3 Å². The second-order valence-electron chi connectivity index (χ2n) is 5.48. The molecule has 0 saturated carbocycles. The molecule has 2 aliphatic heterocycles. The monoisotopic (exact) mass is 362 g/mol. The third-order valence-electron chi connectivity index (χ3n) is 4.02. The van der Waals surface area contributed by atoms with Gasteiger partial charge in [0.2, 0.25) is 5.91 Å². The Balaban J connectivity index is 2.12. The molecule has 1 aromatic rings. The highest BCUT2D eigenvalue weighted by molar-refractivity contribution is 8.15. The smallest absolute Gasteiger partial charge is 0.338 e. The van der Waals surface area contributed by atoms with Crippen LogP contribution in [0.25, 0.3) is 0 Å².